The SMILES string of the molecule is COc1ccc(S(=O)(=O)N2CCCCCC2)cc1C(=O)NC1CCN(Cc2ccccc2C)CC1. The summed E-state index contributed by atoms with van der Waals surface area (Å²) in [6.07, 6.45) is 5.53. The molecule has 4 rings (SSSR count). The number of ether oxygens (including phenoxy) is 1. The Kier molecular flexibility index (Phi) is 8.46. The van der Waals surface area contributed by atoms with Crippen molar-refractivity contribution in [1.82, 2.24) is 14.5 Å². The van der Waals surface area contributed by atoms with Crippen molar-refractivity contribution in [2.45, 2.75) is 62.9 Å². The van der Waals surface area contributed by atoms with Crippen LogP contribution in [-0.4, -0.2) is 62.9 Å². The van der Waals surface area contributed by atoms with Crippen LogP contribution in [0.25, 0.3) is 0 Å². The summed E-state index contributed by atoms with van der Waals surface area (Å²) in [5.41, 5.74) is 2.90. The molecule has 2 aliphatic heterocycles. The number of hydrogen-bond donors (Lipinski definition) is 1. The highest BCUT2D eigenvalue weighted by molar-refractivity contribution is 7.89. The Balaban J connectivity index is 1.41. The summed E-state index contributed by atoms with van der Waals surface area (Å²) in [6.45, 7) is 5.90. The molecule has 0 radical (unpaired) electrons. The summed E-state index contributed by atoms with van der Waals surface area (Å²) in [5.74, 6) is 0.0985. The van der Waals surface area contributed by atoms with Crippen LogP contribution in [0.4, 0.5) is 0 Å². The minimum Gasteiger partial charge on any atom is -0.496 e. The highest BCUT2D eigenvalue weighted by Crippen LogP contribution is 2.27. The Bertz CT molecular complexity index is 1120. The number of benzene rings is 2. The summed E-state index contributed by atoms with van der Waals surface area (Å²) >= 11 is 0. The van der Waals surface area contributed by atoms with E-state index < -0.39 is 10.0 Å². The van der Waals surface area contributed by atoms with Gasteiger partial charge in [-0.05, 0) is 61.9 Å². The van der Waals surface area contributed by atoms with E-state index in [1.165, 1.54) is 24.3 Å². The molecule has 1 N–H and O–H groups in total. The number of methoxy groups -OCH3 is 1. The molecule has 0 saturated carbocycles. The maximum atomic E-state index is 13.3. The molecule has 35 heavy (non-hydrogen) atoms. The number of carbonyl (C=O) groups excluding carboxylic acids is 1. The van der Waals surface area contributed by atoms with Crippen molar-refractivity contribution < 1.29 is 17.9 Å². The van der Waals surface area contributed by atoms with Gasteiger partial charge in [0.15, 0.2) is 0 Å². The van der Waals surface area contributed by atoms with Crippen molar-refractivity contribution in [2.24, 2.45) is 0 Å². The monoisotopic (exact) mass is 499 g/mol. The molecule has 2 fully saturated rings. The number of sulfonamides is 1. The molecule has 0 unspecified atom stereocenters. The van der Waals surface area contributed by atoms with E-state index in [1.54, 1.807) is 16.4 Å². The van der Waals surface area contributed by atoms with Gasteiger partial charge >= 0.3 is 0 Å². The molecular formula is C27H37N3O4S. The van der Waals surface area contributed by atoms with Gasteiger partial charge in [-0.2, -0.15) is 4.31 Å². The fourth-order valence-corrected chi connectivity index (χ4v) is 6.53. The summed E-state index contributed by atoms with van der Waals surface area (Å²) < 4.78 is 33.5. The number of carbonyl (C=O) groups is 1. The highest BCUT2D eigenvalue weighted by Gasteiger charge is 2.28. The lowest BCUT2D eigenvalue weighted by atomic mass is 10.0. The van der Waals surface area contributed by atoms with Crippen LogP contribution in [0, 0.1) is 6.92 Å². The molecule has 7 nitrogen and oxygen atoms in total. The van der Waals surface area contributed by atoms with Crippen LogP contribution in [0.15, 0.2) is 47.4 Å². The van der Waals surface area contributed by atoms with Crippen LogP contribution in [0.5, 0.6) is 5.75 Å². The maximum absolute atomic E-state index is 13.3. The zero-order chi connectivity index (χ0) is 24.8. The van der Waals surface area contributed by atoms with Crippen molar-refractivity contribution in [3.8, 4) is 5.75 Å². The number of hydrogen-bond acceptors (Lipinski definition) is 5. The normalized spacial score (nSPS) is 18.7. The Morgan fingerprint density at radius 3 is 2.34 bits per heavy atom. The fourth-order valence-electron chi connectivity index (χ4n) is 4.98. The molecule has 2 aliphatic rings. The minimum atomic E-state index is -3.65. The first kappa shape index (κ1) is 25.7. The second-order valence-corrected chi connectivity index (χ2v) is 11.6. The Morgan fingerprint density at radius 2 is 1.69 bits per heavy atom. The van der Waals surface area contributed by atoms with Gasteiger partial charge in [0.25, 0.3) is 5.91 Å². The van der Waals surface area contributed by atoms with Gasteiger partial charge in [-0.25, -0.2) is 8.42 Å². The van der Waals surface area contributed by atoms with E-state index in [2.05, 4.69) is 41.4 Å². The molecule has 2 aromatic carbocycles. The van der Waals surface area contributed by atoms with E-state index in [4.69, 9.17) is 4.74 Å². The summed E-state index contributed by atoms with van der Waals surface area (Å²) in [6, 6.07) is 13.1. The third-order valence-electron chi connectivity index (χ3n) is 7.20. The number of nitrogens with one attached hydrogen (secondary N) is 1. The number of likely N-dealkylation sites (tertiary alicyclic amines) is 1. The zero-order valence-corrected chi connectivity index (χ0v) is 21.6. The van der Waals surface area contributed by atoms with Gasteiger partial charge in [-0.3, -0.25) is 9.69 Å². The molecule has 8 heteroatoms. The molecule has 0 atom stereocenters. The minimum absolute atomic E-state index is 0.0474. The average Bonchev–Trinajstić information content (AvgIpc) is 3.16. The summed E-state index contributed by atoms with van der Waals surface area (Å²) in [4.78, 5) is 15.8. The first-order chi connectivity index (χ1) is 16.9. The highest BCUT2D eigenvalue weighted by atomic mass is 32.2. The lowest BCUT2D eigenvalue weighted by Gasteiger charge is -2.32. The Hall–Kier alpha value is -2.42. The molecule has 190 valence electrons. The molecule has 0 aliphatic carbocycles. The summed E-state index contributed by atoms with van der Waals surface area (Å²) in [7, 11) is -2.15. The van der Waals surface area contributed by atoms with Crippen molar-refractivity contribution in [2.75, 3.05) is 33.3 Å². The van der Waals surface area contributed by atoms with Crippen molar-refractivity contribution in [3.63, 3.8) is 0 Å². The molecule has 0 bridgehead atoms. The Labute approximate surface area is 209 Å². The van der Waals surface area contributed by atoms with Gasteiger partial charge in [-0.1, -0.05) is 37.1 Å². The van der Waals surface area contributed by atoms with E-state index >= 15 is 0 Å². The Morgan fingerprint density at radius 1 is 1.00 bits per heavy atom. The van der Waals surface area contributed by atoms with Crippen molar-refractivity contribution in [1.29, 1.82) is 0 Å². The van der Waals surface area contributed by atoms with E-state index in [1.807, 2.05) is 0 Å². The van der Waals surface area contributed by atoms with Gasteiger partial charge < -0.3 is 10.1 Å². The lowest BCUT2D eigenvalue weighted by Crippen LogP contribution is -2.44. The van der Waals surface area contributed by atoms with Crippen molar-refractivity contribution >= 4 is 15.9 Å². The number of amides is 1. The van der Waals surface area contributed by atoms with E-state index in [9.17, 15) is 13.2 Å². The molecule has 2 saturated heterocycles. The van der Waals surface area contributed by atoms with Crippen LogP contribution in [-0.2, 0) is 16.6 Å². The molecular weight excluding hydrogens is 462 g/mol. The van der Waals surface area contributed by atoms with Crippen LogP contribution < -0.4 is 10.1 Å². The largest absolute Gasteiger partial charge is 0.496 e. The van der Waals surface area contributed by atoms with Gasteiger partial charge in [0.1, 0.15) is 5.75 Å². The van der Waals surface area contributed by atoms with Crippen molar-refractivity contribution in [3.05, 3.63) is 59.2 Å². The predicted molar refractivity (Wildman–Crippen MR) is 137 cm³/mol. The zero-order valence-electron chi connectivity index (χ0n) is 20.8. The van der Waals surface area contributed by atoms with Gasteiger partial charge in [0, 0.05) is 38.8 Å². The second kappa shape index (κ2) is 11.5. The predicted octanol–water partition coefficient (Wildman–Crippen LogP) is 3.96. The molecule has 2 aromatic rings. The molecule has 0 aromatic heterocycles. The topological polar surface area (TPSA) is 79.0 Å². The van der Waals surface area contributed by atoms with Gasteiger partial charge in [0.2, 0.25) is 10.0 Å². The van der Waals surface area contributed by atoms with Crippen LogP contribution in [0.1, 0.15) is 60.0 Å². The van der Waals surface area contributed by atoms with Gasteiger partial charge in [-0.15, -0.1) is 0 Å². The molecule has 0 spiro atoms. The van der Waals surface area contributed by atoms with E-state index in [0.717, 1.165) is 58.2 Å². The number of aryl methyl sites for hydroxylation is 1. The van der Waals surface area contributed by atoms with Crippen LogP contribution in [0.3, 0.4) is 0 Å². The fraction of sp³-hybridized carbons (Fsp3) is 0.519. The van der Waals surface area contributed by atoms with E-state index in [0.29, 0.717) is 18.8 Å². The number of rotatable bonds is 7. The smallest absolute Gasteiger partial charge is 0.255 e. The standard InChI is InChI=1S/C27H37N3O4S/c1-21-9-5-6-10-22(21)20-29-17-13-23(14-18-29)28-27(31)25-19-24(11-12-26(25)34-2)35(32,33)30-15-7-3-4-8-16-30/h5-6,9-12,19,23H,3-4,7-8,13-18,20H2,1-2H3,(H,28,31). The molecule has 1 amide bonds. The maximum Gasteiger partial charge on any atom is 0.255 e. The number of nitrogens with zero attached hydrogens (tertiary/aromatic N) is 2. The first-order valence-electron chi connectivity index (χ1n) is 12.6. The first-order valence-corrected chi connectivity index (χ1v) is 14.1. The molecule has 2 heterocycles. The quantitative estimate of drug-likeness (QED) is 0.624. The lowest BCUT2D eigenvalue weighted by molar-refractivity contribution is 0.0905. The van der Waals surface area contributed by atoms with E-state index in [-0.39, 0.29) is 22.4 Å². The summed E-state index contributed by atoms with van der Waals surface area (Å²) in [5, 5.41) is 3.12. The van der Waals surface area contributed by atoms with Crippen LogP contribution >= 0.6 is 0 Å². The third kappa shape index (κ3) is 6.23. The average molecular weight is 500 g/mol. The second-order valence-electron chi connectivity index (χ2n) is 9.63. The van der Waals surface area contributed by atoms with Gasteiger partial charge in [0.05, 0.1) is 17.6 Å². The van der Waals surface area contributed by atoms with Crippen LogP contribution in [0.2, 0.25) is 0 Å². The number of piperidine rings is 1. The third-order valence-corrected chi connectivity index (χ3v) is 9.09.